The van der Waals surface area contributed by atoms with Crippen molar-refractivity contribution in [1.82, 2.24) is 19.9 Å². The van der Waals surface area contributed by atoms with Crippen LogP contribution >= 0.6 is 11.6 Å². The first-order chi connectivity index (χ1) is 10.8. The number of hydrogen-bond acceptors (Lipinski definition) is 5. The van der Waals surface area contributed by atoms with E-state index in [1.54, 1.807) is 6.20 Å². The van der Waals surface area contributed by atoms with E-state index in [-0.39, 0.29) is 5.28 Å². The van der Waals surface area contributed by atoms with Gasteiger partial charge < -0.3 is 5.32 Å². The summed E-state index contributed by atoms with van der Waals surface area (Å²) in [6.45, 7) is 0. The fourth-order valence-corrected chi connectivity index (χ4v) is 2.97. The number of nitrogens with zero attached hydrogens (tertiary/aromatic N) is 4. The second-order valence-electron chi connectivity index (χ2n) is 5.65. The highest BCUT2D eigenvalue weighted by molar-refractivity contribution is 6.28. The van der Waals surface area contributed by atoms with Crippen molar-refractivity contribution in [3.05, 3.63) is 29.7 Å². The molecule has 1 aliphatic rings. The topological polar surface area (TPSA) is 63.6 Å². The van der Waals surface area contributed by atoms with E-state index in [2.05, 4.69) is 25.3 Å². The number of rotatable bonds is 3. The molecule has 0 saturated heterocycles. The molecule has 1 fully saturated rings. The van der Waals surface area contributed by atoms with Crippen LogP contribution in [0.5, 0.6) is 0 Å². The number of pyridine rings is 1. The van der Waals surface area contributed by atoms with Gasteiger partial charge in [-0.25, -0.2) is 0 Å². The van der Waals surface area contributed by atoms with Gasteiger partial charge in [0.25, 0.3) is 0 Å². The van der Waals surface area contributed by atoms with E-state index in [1.165, 1.54) is 32.1 Å². The lowest BCUT2D eigenvalue weighted by Gasteiger charge is -2.21. The van der Waals surface area contributed by atoms with Gasteiger partial charge in [0.1, 0.15) is 5.69 Å². The minimum atomic E-state index is 0.198. The molecule has 0 radical (unpaired) electrons. The average Bonchev–Trinajstić information content (AvgIpc) is 2.50. The molecular weight excluding hydrogens is 298 g/mol. The summed E-state index contributed by atoms with van der Waals surface area (Å²) in [5.74, 6) is 1.06. The molecule has 0 bridgehead atoms. The predicted octanol–water partition coefficient (Wildman–Crippen LogP) is 4.11. The quantitative estimate of drug-likeness (QED) is 0.922. The molecule has 0 unspecified atom stereocenters. The first-order valence-corrected chi connectivity index (χ1v) is 8.28. The summed E-state index contributed by atoms with van der Waals surface area (Å²) in [6, 6.07) is 6.04. The highest BCUT2D eigenvalue weighted by Gasteiger charge is 2.14. The first kappa shape index (κ1) is 15.2. The zero-order valence-electron chi connectivity index (χ0n) is 12.5. The number of anilines is 1. The SMILES string of the molecule is Clc1nc(NC2CCCCCCC2)nc(-c2ccccn2)n1. The smallest absolute Gasteiger partial charge is 0.227 e. The zero-order chi connectivity index (χ0) is 15.2. The van der Waals surface area contributed by atoms with E-state index < -0.39 is 0 Å². The maximum atomic E-state index is 6.05. The molecule has 0 aromatic carbocycles. The maximum Gasteiger partial charge on any atom is 0.227 e. The fourth-order valence-electron chi connectivity index (χ4n) is 2.81. The Labute approximate surface area is 135 Å². The summed E-state index contributed by atoms with van der Waals surface area (Å²) in [6.07, 6.45) is 10.5. The van der Waals surface area contributed by atoms with Gasteiger partial charge in [0, 0.05) is 12.2 Å². The molecule has 0 aliphatic heterocycles. The second kappa shape index (κ2) is 7.49. The van der Waals surface area contributed by atoms with E-state index in [9.17, 15) is 0 Å². The van der Waals surface area contributed by atoms with Gasteiger partial charge in [-0.2, -0.15) is 15.0 Å². The lowest BCUT2D eigenvalue weighted by molar-refractivity contribution is 0.470. The Bertz CT molecular complexity index is 597. The van der Waals surface area contributed by atoms with Crippen LogP contribution in [0.15, 0.2) is 24.4 Å². The van der Waals surface area contributed by atoms with Gasteiger partial charge in [-0.1, -0.05) is 38.2 Å². The summed E-state index contributed by atoms with van der Waals surface area (Å²) in [7, 11) is 0. The van der Waals surface area contributed by atoms with Gasteiger partial charge in [-0.05, 0) is 36.6 Å². The molecule has 1 N–H and O–H groups in total. The highest BCUT2D eigenvalue weighted by Crippen LogP contribution is 2.21. The van der Waals surface area contributed by atoms with Gasteiger partial charge in [0.15, 0.2) is 5.82 Å². The number of halogens is 1. The van der Waals surface area contributed by atoms with Crippen molar-refractivity contribution in [2.75, 3.05) is 5.32 Å². The van der Waals surface area contributed by atoms with Crippen molar-refractivity contribution >= 4 is 17.5 Å². The summed E-state index contributed by atoms with van der Waals surface area (Å²) in [5.41, 5.74) is 0.701. The molecule has 116 valence electrons. The molecule has 2 aromatic heterocycles. The van der Waals surface area contributed by atoms with E-state index in [0.717, 1.165) is 12.8 Å². The molecule has 22 heavy (non-hydrogen) atoms. The van der Waals surface area contributed by atoms with Crippen LogP contribution in [-0.2, 0) is 0 Å². The van der Waals surface area contributed by atoms with Crippen LogP contribution in [0.25, 0.3) is 11.5 Å². The number of aromatic nitrogens is 4. The van der Waals surface area contributed by atoms with Crippen molar-refractivity contribution in [3.8, 4) is 11.5 Å². The number of nitrogens with one attached hydrogen (secondary N) is 1. The molecule has 2 heterocycles. The molecule has 0 amide bonds. The summed E-state index contributed by atoms with van der Waals surface area (Å²) in [5, 5.41) is 3.62. The molecule has 1 aliphatic carbocycles. The Kier molecular flexibility index (Phi) is 5.16. The van der Waals surface area contributed by atoms with Crippen molar-refractivity contribution in [3.63, 3.8) is 0 Å². The maximum absolute atomic E-state index is 6.05. The average molecular weight is 318 g/mol. The predicted molar refractivity (Wildman–Crippen MR) is 87.8 cm³/mol. The van der Waals surface area contributed by atoms with Gasteiger partial charge in [0.2, 0.25) is 11.2 Å². The summed E-state index contributed by atoms with van der Waals surface area (Å²) in [4.78, 5) is 17.1. The monoisotopic (exact) mass is 317 g/mol. The Hall–Kier alpha value is -1.75. The van der Waals surface area contributed by atoms with Crippen LogP contribution in [0, 0.1) is 0 Å². The molecule has 5 nitrogen and oxygen atoms in total. The third-order valence-corrected chi connectivity index (χ3v) is 4.11. The summed E-state index contributed by atoms with van der Waals surface area (Å²) >= 11 is 6.05. The Morgan fingerprint density at radius 2 is 1.73 bits per heavy atom. The molecule has 0 spiro atoms. The third kappa shape index (κ3) is 4.13. The first-order valence-electron chi connectivity index (χ1n) is 7.91. The standard InChI is InChI=1S/C16H20ClN5/c17-15-20-14(13-10-6-7-11-18-13)21-16(22-15)19-12-8-4-2-1-3-5-9-12/h6-7,10-12H,1-5,8-9H2,(H,19,20,21,22). The molecule has 2 aromatic rings. The molecule has 0 atom stereocenters. The van der Waals surface area contributed by atoms with Crippen LogP contribution in [-0.4, -0.2) is 26.0 Å². The van der Waals surface area contributed by atoms with Crippen molar-refractivity contribution in [2.24, 2.45) is 0 Å². The normalized spacial score (nSPS) is 16.8. The van der Waals surface area contributed by atoms with Gasteiger partial charge >= 0.3 is 0 Å². The van der Waals surface area contributed by atoms with Crippen molar-refractivity contribution in [1.29, 1.82) is 0 Å². The number of hydrogen-bond donors (Lipinski definition) is 1. The molecule has 1 saturated carbocycles. The van der Waals surface area contributed by atoms with E-state index in [1.807, 2.05) is 18.2 Å². The Balaban J connectivity index is 1.77. The van der Waals surface area contributed by atoms with Crippen LogP contribution in [0.4, 0.5) is 5.95 Å². The third-order valence-electron chi connectivity index (χ3n) is 3.94. The minimum Gasteiger partial charge on any atom is -0.351 e. The van der Waals surface area contributed by atoms with Crippen LogP contribution in [0.3, 0.4) is 0 Å². The van der Waals surface area contributed by atoms with Gasteiger partial charge in [0.05, 0.1) is 0 Å². The zero-order valence-corrected chi connectivity index (χ0v) is 13.3. The molecule has 6 heteroatoms. The lowest BCUT2D eigenvalue weighted by atomic mass is 9.97. The fraction of sp³-hybridized carbons (Fsp3) is 0.500. The van der Waals surface area contributed by atoms with Crippen LogP contribution in [0.2, 0.25) is 5.28 Å². The van der Waals surface area contributed by atoms with Gasteiger partial charge in [-0.15, -0.1) is 0 Å². The second-order valence-corrected chi connectivity index (χ2v) is 5.99. The van der Waals surface area contributed by atoms with Crippen molar-refractivity contribution < 1.29 is 0 Å². The molecule has 3 rings (SSSR count). The van der Waals surface area contributed by atoms with Crippen LogP contribution in [0.1, 0.15) is 44.9 Å². The Morgan fingerprint density at radius 3 is 2.45 bits per heavy atom. The highest BCUT2D eigenvalue weighted by atomic mass is 35.5. The lowest BCUT2D eigenvalue weighted by Crippen LogP contribution is -2.22. The summed E-state index contributed by atoms with van der Waals surface area (Å²) < 4.78 is 0. The minimum absolute atomic E-state index is 0.198. The van der Waals surface area contributed by atoms with E-state index >= 15 is 0 Å². The Morgan fingerprint density at radius 1 is 0.955 bits per heavy atom. The molecular formula is C16H20ClN5. The van der Waals surface area contributed by atoms with Crippen molar-refractivity contribution in [2.45, 2.75) is 51.0 Å². The largest absolute Gasteiger partial charge is 0.351 e. The van der Waals surface area contributed by atoms with Gasteiger partial charge in [-0.3, -0.25) is 4.98 Å². The van der Waals surface area contributed by atoms with E-state index in [4.69, 9.17) is 11.6 Å². The van der Waals surface area contributed by atoms with Crippen LogP contribution < -0.4 is 5.32 Å². The van der Waals surface area contributed by atoms with E-state index in [0.29, 0.717) is 23.5 Å².